The van der Waals surface area contributed by atoms with Crippen LogP contribution in [0.3, 0.4) is 0 Å². The first-order valence-corrected chi connectivity index (χ1v) is 9.94. The fourth-order valence-electron chi connectivity index (χ4n) is 4.13. The van der Waals surface area contributed by atoms with Crippen LogP contribution in [0.5, 0.6) is 0 Å². The van der Waals surface area contributed by atoms with E-state index >= 15 is 0 Å². The van der Waals surface area contributed by atoms with Crippen LogP contribution in [0.4, 0.5) is 0 Å². The van der Waals surface area contributed by atoms with Gasteiger partial charge in [-0.2, -0.15) is 0 Å². The van der Waals surface area contributed by atoms with Gasteiger partial charge in [-0.1, -0.05) is 91.0 Å². The molecule has 0 fully saturated rings. The van der Waals surface area contributed by atoms with Gasteiger partial charge in [-0.3, -0.25) is 0 Å². The molecule has 27 heavy (non-hydrogen) atoms. The van der Waals surface area contributed by atoms with Gasteiger partial charge in [0.25, 0.3) is 0 Å². The molecule has 0 saturated heterocycles. The van der Waals surface area contributed by atoms with Crippen molar-refractivity contribution in [2.45, 2.75) is 31.7 Å². The first kappa shape index (κ1) is 17.8. The van der Waals surface area contributed by atoms with Gasteiger partial charge < -0.3 is 5.32 Å². The van der Waals surface area contributed by atoms with Gasteiger partial charge in [0.2, 0.25) is 0 Å². The highest BCUT2D eigenvalue weighted by Gasteiger charge is 2.20. The zero-order valence-electron chi connectivity index (χ0n) is 15.9. The second-order valence-corrected chi connectivity index (χ2v) is 7.48. The largest absolute Gasteiger partial charge is 0.314 e. The summed E-state index contributed by atoms with van der Waals surface area (Å²) in [7, 11) is 0. The molecule has 0 aliphatic heterocycles. The number of hydrogen-bond donors (Lipinski definition) is 1. The van der Waals surface area contributed by atoms with Crippen LogP contribution in [0, 0.1) is 0 Å². The minimum Gasteiger partial charge on any atom is -0.314 e. The van der Waals surface area contributed by atoms with Gasteiger partial charge in [0, 0.05) is 12.0 Å². The summed E-state index contributed by atoms with van der Waals surface area (Å²) < 4.78 is 0. The van der Waals surface area contributed by atoms with E-state index in [4.69, 9.17) is 0 Å². The third-order valence-electron chi connectivity index (χ3n) is 5.50. The molecular weight excluding hydrogens is 326 g/mol. The Morgan fingerprint density at radius 3 is 1.93 bits per heavy atom. The summed E-state index contributed by atoms with van der Waals surface area (Å²) in [5.41, 5.74) is 6.96. The van der Waals surface area contributed by atoms with Crippen LogP contribution in [0.2, 0.25) is 0 Å². The third kappa shape index (κ3) is 4.20. The first-order chi connectivity index (χ1) is 13.3. The molecule has 1 unspecified atom stereocenters. The Kier molecular flexibility index (Phi) is 5.50. The normalized spacial score (nSPS) is 14.3. The van der Waals surface area contributed by atoms with E-state index in [-0.39, 0.29) is 0 Å². The van der Waals surface area contributed by atoms with Crippen molar-refractivity contribution < 1.29 is 0 Å². The molecule has 0 spiro atoms. The highest BCUT2D eigenvalue weighted by molar-refractivity contribution is 5.76. The lowest BCUT2D eigenvalue weighted by molar-refractivity contribution is 0.520. The fraction of sp³-hybridized carbons (Fsp3) is 0.231. The Bertz CT molecular complexity index is 861. The van der Waals surface area contributed by atoms with Crippen molar-refractivity contribution in [1.29, 1.82) is 0 Å². The maximum absolute atomic E-state index is 3.74. The van der Waals surface area contributed by atoms with E-state index in [0.717, 1.165) is 19.4 Å². The van der Waals surface area contributed by atoms with Crippen molar-refractivity contribution in [2.75, 3.05) is 6.54 Å². The van der Waals surface area contributed by atoms with E-state index in [2.05, 4.69) is 103 Å². The average molecular weight is 354 g/mol. The summed E-state index contributed by atoms with van der Waals surface area (Å²) in [5, 5.41) is 3.74. The van der Waals surface area contributed by atoms with Gasteiger partial charge >= 0.3 is 0 Å². The minimum atomic E-state index is 0.434. The molecule has 0 heterocycles. The molecule has 3 aromatic carbocycles. The lowest BCUT2D eigenvalue weighted by Gasteiger charge is -2.22. The van der Waals surface area contributed by atoms with Crippen LogP contribution >= 0.6 is 0 Å². The van der Waals surface area contributed by atoms with Crippen molar-refractivity contribution in [2.24, 2.45) is 0 Å². The van der Waals surface area contributed by atoms with E-state index in [1.807, 2.05) is 0 Å². The lowest BCUT2D eigenvalue weighted by atomic mass is 9.85. The predicted molar refractivity (Wildman–Crippen MR) is 116 cm³/mol. The molecule has 1 aliphatic carbocycles. The monoisotopic (exact) mass is 353 g/mol. The highest BCUT2D eigenvalue weighted by atomic mass is 14.9. The standard InChI is InChI=1S/C26H27N/c1-20(19-21-9-3-2-4-10-21)27-18-17-26-24-13-7-5-11-22(24)15-16-23-12-6-8-14-25(23)26/h2-16,20,26-27H,17-19H2,1H3. The van der Waals surface area contributed by atoms with Crippen molar-refractivity contribution >= 4 is 12.2 Å². The summed E-state index contributed by atoms with van der Waals surface area (Å²) in [6.45, 7) is 3.30. The molecule has 1 N–H and O–H groups in total. The Balaban J connectivity index is 1.47. The molecule has 3 aromatic rings. The van der Waals surface area contributed by atoms with Crippen LogP contribution < -0.4 is 5.32 Å². The zero-order valence-corrected chi connectivity index (χ0v) is 15.9. The molecule has 0 amide bonds. The zero-order chi connectivity index (χ0) is 18.5. The molecule has 0 bridgehead atoms. The Hall–Kier alpha value is -2.64. The fourth-order valence-corrected chi connectivity index (χ4v) is 4.13. The van der Waals surface area contributed by atoms with Crippen LogP contribution in [0.1, 0.15) is 47.1 Å². The minimum absolute atomic E-state index is 0.434. The molecule has 136 valence electrons. The number of rotatable bonds is 6. The van der Waals surface area contributed by atoms with Crippen molar-refractivity contribution in [1.82, 2.24) is 5.32 Å². The summed E-state index contributed by atoms with van der Waals surface area (Å²) in [6, 6.07) is 28.9. The van der Waals surface area contributed by atoms with E-state index in [1.54, 1.807) is 0 Å². The SMILES string of the molecule is CC(Cc1ccccc1)NCCC1c2ccccc2C=Cc2ccccc21. The van der Waals surface area contributed by atoms with E-state index in [0.29, 0.717) is 12.0 Å². The molecule has 1 atom stereocenters. The predicted octanol–water partition coefficient (Wildman–Crippen LogP) is 5.91. The van der Waals surface area contributed by atoms with Crippen LogP contribution in [0.25, 0.3) is 12.2 Å². The van der Waals surface area contributed by atoms with Gasteiger partial charge in [0.1, 0.15) is 0 Å². The Labute approximate surface area is 162 Å². The second kappa shape index (κ2) is 8.37. The average Bonchev–Trinajstić information content (AvgIpc) is 2.86. The van der Waals surface area contributed by atoms with Crippen molar-refractivity contribution in [3.8, 4) is 0 Å². The van der Waals surface area contributed by atoms with Crippen LogP contribution in [0.15, 0.2) is 78.9 Å². The second-order valence-electron chi connectivity index (χ2n) is 7.48. The number of hydrogen-bond acceptors (Lipinski definition) is 1. The summed E-state index contributed by atoms with van der Waals surface area (Å²) in [6.07, 6.45) is 6.70. The number of benzene rings is 3. The number of fused-ring (bicyclic) bond motifs is 2. The summed E-state index contributed by atoms with van der Waals surface area (Å²) in [5.74, 6) is 0.434. The molecule has 0 saturated carbocycles. The van der Waals surface area contributed by atoms with Crippen molar-refractivity contribution in [3.05, 3.63) is 107 Å². The topological polar surface area (TPSA) is 12.0 Å². The molecule has 0 aromatic heterocycles. The third-order valence-corrected chi connectivity index (χ3v) is 5.50. The first-order valence-electron chi connectivity index (χ1n) is 9.94. The van der Waals surface area contributed by atoms with Crippen LogP contribution in [-0.2, 0) is 6.42 Å². The lowest BCUT2D eigenvalue weighted by Crippen LogP contribution is -2.30. The molecule has 1 heteroatoms. The highest BCUT2D eigenvalue weighted by Crippen LogP contribution is 2.36. The van der Waals surface area contributed by atoms with E-state index < -0.39 is 0 Å². The van der Waals surface area contributed by atoms with E-state index in [1.165, 1.54) is 27.8 Å². The molecule has 0 radical (unpaired) electrons. The quantitative estimate of drug-likeness (QED) is 0.580. The smallest absolute Gasteiger partial charge is 0.0113 e. The van der Waals surface area contributed by atoms with E-state index in [9.17, 15) is 0 Å². The maximum Gasteiger partial charge on any atom is 0.0113 e. The Morgan fingerprint density at radius 2 is 1.30 bits per heavy atom. The molecule has 1 nitrogen and oxygen atoms in total. The van der Waals surface area contributed by atoms with Gasteiger partial charge in [-0.25, -0.2) is 0 Å². The van der Waals surface area contributed by atoms with Gasteiger partial charge in [-0.15, -0.1) is 0 Å². The van der Waals surface area contributed by atoms with Gasteiger partial charge in [0.15, 0.2) is 0 Å². The van der Waals surface area contributed by atoms with Crippen molar-refractivity contribution in [3.63, 3.8) is 0 Å². The summed E-state index contributed by atoms with van der Waals surface area (Å²) >= 11 is 0. The molecule has 1 aliphatic rings. The van der Waals surface area contributed by atoms with Gasteiger partial charge in [0.05, 0.1) is 0 Å². The number of nitrogens with one attached hydrogen (secondary N) is 1. The maximum atomic E-state index is 3.74. The molecule has 4 rings (SSSR count). The van der Waals surface area contributed by atoms with Gasteiger partial charge in [-0.05, 0) is 54.1 Å². The summed E-state index contributed by atoms with van der Waals surface area (Å²) in [4.78, 5) is 0. The van der Waals surface area contributed by atoms with Crippen LogP contribution in [-0.4, -0.2) is 12.6 Å². The Morgan fingerprint density at radius 1 is 0.741 bits per heavy atom. The molecular formula is C26H27N.